The van der Waals surface area contributed by atoms with Crippen molar-refractivity contribution in [1.82, 2.24) is 15.0 Å². The number of carbonyl (C=O) groups is 2. The molecule has 3 aromatic rings. The van der Waals surface area contributed by atoms with E-state index >= 15 is 0 Å². The maximum atomic E-state index is 12.1. The van der Waals surface area contributed by atoms with Crippen LogP contribution in [0, 0.1) is 6.92 Å². The largest absolute Gasteiger partial charge is 0.275 e. The molecule has 3 aromatic heterocycles. The van der Waals surface area contributed by atoms with Crippen LogP contribution < -0.4 is 5.43 Å². The van der Waals surface area contributed by atoms with E-state index in [0.29, 0.717) is 17.2 Å². The maximum absolute atomic E-state index is 12.1. The van der Waals surface area contributed by atoms with Crippen LogP contribution in [0.25, 0.3) is 20.9 Å². The second kappa shape index (κ2) is 5.50. The Labute approximate surface area is 145 Å². The number of fused-ring (bicyclic) bond motifs is 1. The van der Waals surface area contributed by atoms with E-state index in [-0.39, 0.29) is 5.91 Å². The van der Waals surface area contributed by atoms with E-state index in [4.69, 9.17) is 0 Å². The molecule has 120 valence electrons. The van der Waals surface area contributed by atoms with E-state index in [0.717, 1.165) is 25.0 Å². The molecule has 2 amide bonds. The molecule has 24 heavy (non-hydrogen) atoms. The number of aryl methyl sites for hydroxylation is 1. The number of rotatable bonds is 3. The summed E-state index contributed by atoms with van der Waals surface area (Å²) in [6.45, 7) is 3.60. The molecule has 0 spiro atoms. The fourth-order valence-corrected chi connectivity index (χ4v) is 3.98. The SMILES string of the molecule is CC1=CC(=O)N(Nc2nc(-c3cccs3)nc3sc(C)cc23)C1=O. The first-order valence-corrected chi connectivity index (χ1v) is 8.88. The van der Waals surface area contributed by atoms with Gasteiger partial charge in [0.25, 0.3) is 11.8 Å². The monoisotopic (exact) mass is 356 g/mol. The summed E-state index contributed by atoms with van der Waals surface area (Å²) in [6.07, 6.45) is 1.31. The van der Waals surface area contributed by atoms with Gasteiger partial charge in [0.15, 0.2) is 11.6 Å². The van der Waals surface area contributed by atoms with Gasteiger partial charge in [-0.2, -0.15) is 5.01 Å². The van der Waals surface area contributed by atoms with Crippen LogP contribution in [0.1, 0.15) is 11.8 Å². The van der Waals surface area contributed by atoms with Gasteiger partial charge in [0, 0.05) is 16.5 Å². The van der Waals surface area contributed by atoms with Gasteiger partial charge in [-0.1, -0.05) is 6.07 Å². The van der Waals surface area contributed by atoms with Crippen LogP contribution in [-0.2, 0) is 9.59 Å². The zero-order valence-corrected chi connectivity index (χ0v) is 14.5. The average Bonchev–Trinajstić information content (AvgIpc) is 3.23. The summed E-state index contributed by atoms with van der Waals surface area (Å²) >= 11 is 3.09. The van der Waals surface area contributed by atoms with Crippen LogP contribution in [0.2, 0.25) is 0 Å². The summed E-state index contributed by atoms with van der Waals surface area (Å²) in [6, 6.07) is 5.82. The molecule has 0 radical (unpaired) electrons. The summed E-state index contributed by atoms with van der Waals surface area (Å²) in [7, 11) is 0. The summed E-state index contributed by atoms with van der Waals surface area (Å²) in [5.41, 5.74) is 3.27. The fraction of sp³-hybridized carbons (Fsp3) is 0.125. The Balaban J connectivity index is 1.82. The molecular formula is C16H12N4O2S2. The van der Waals surface area contributed by atoms with Gasteiger partial charge in [-0.15, -0.1) is 22.7 Å². The van der Waals surface area contributed by atoms with Gasteiger partial charge in [-0.3, -0.25) is 15.0 Å². The van der Waals surface area contributed by atoms with E-state index in [1.165, 1.54) is 17.4 Å². The molecule has 0 saturated carbocycles. The van der Waals surface area contributed by atoms with Gasteiger partial charge in [-0.25, -0.2) is 9.97 Å². The molecule has 4 heterocycles. The molecule has 1 aliphatic heterocycles. The first-order valence-electron chi connectivity index (χ1n) is 7.18. The second-order valence-corrected chi connectivity index (χ2v) is 7.55. The van der Waals surface area contributed by atoms with Gasteiger partial charge in [0.1, 0.15) is 4.83 Å². The third-order valence-electron chi connectivity index (χ3n) is 3.58. The van der Waals surface area contributed by atoms with Gasteiger partial charge in [0.05, 0.1) is 10.3 Å². The van der Waals surface area contributed by atoms with Crippen LogP contribution in [-0.4, -0.2) is 26.8 Å². The van der Waals surface area contributed by atoms with Crippen molar-refractivity contribution in [1.29, 1.82) is 0 Å². The van der Waals surface area contributed by atoms with E-state index in [1.54, 1.807) is 18.3 Å². The lowest BCUT2D eigenvalue weighted by molar-refractivity contribution is -0.135. The average molecular weight is 356 g/mol. The van der Waals surface area contributed by atoms with Gasteiger partial charge in [-0.05, 0) is 31.4 Å². The van der Waals surface area contributed by atoms with E-state index in [1.807, 2.05) is 30.5 Å². The predicted octanol–water partition coefficient (Wildman–Crippen LogP) is 3.37. The van der Waals surface area contributed by atoms with Crippen LogP contribution in [0.3, 0.4) is 0 Å². The van der Waals surface area contributed by atoms with Crippen molar-refractivity contribution >= 4 is 50.5 Å². The van der Waals surface area contributed by atoms with Crippen molar-refractivity contribution in [2.45, 2.75) is 13.8 Å². The van der Waals surface area contributed by atoms with Crippen molar-refractivity contribution in [3.05, 3.63) is 40.1 Å². The summed E-state index contributed by atoms with van der Waals surface area (Å²) in [4.78, 5) is 36.1. The quantitative estimate of drug-likeness (QED) is 0.728. The minimum absolute atomic E-state index is 0.364. The van der Waals surface area contributed by atoms with Crippen molar-refractivity contribution in [3.8, 4) is 10.7 Å². The maximum Gasteiger partial charge on any atom is 0.275 e. The molecular weight excluding hydrogens is 344 g/mol. The highest BCUT2D eigenvalue weighted by molar-refractivity contribution is 7.18. The molecule has 1 aliphatic rings. The molecule has 0 aliphatic carbocycles. The predicted molar refractivity (Wildman–Crippen MR) is 94.7 cm³/mol. The molecule has 0 aromatic carbocycles. The van der Waals surface area contributed by atoms with Gasteiger partial charge < -0.3 is 0 Å². The van der Waals surface area contributed by atoms with Crippen molar-refractivity contribution in [2.24, 2.45) is 0 Å². The summed E-state index contributed by atoms with van der Waals surface area (Å²) in [5, 5.41) is 3.74. The highest BCUT2D eigenvalue weighted by atomic mass is 32.1. The molecule has 0 unspecified atom stereocenters. The lowest BCUT2D eigenvalue weighted by atomic mass is 10.3. The van der Waals surface area contributed by atoms with Crippen molar-refractivity contribution in [3.63, 3.8) is 0 Å². The summed E-state index contributed by atoms with van der Waals surface area (Å²) in [5.74, 6) is 0.272. The van der Waals surface area contributed by atoms with Crippen molar-refractivity contribution in [2.75, 3.05) is 5.43 Å². The van der Waals surface area contributed by atoms with Gasteiger partial charge >= 0.3 is 0 Å². The Hall–Kier alpha value is -2.58. The van der Waals surface area contributed by atoms with Crippen LogP contribution in [0.5, 0.6) is 0 Å². The lowest BCUT2D eigenvalue weighted by Crippen LogP contribution is -2.36. The number of carbonyl (C=O) groups excluding carboxylic acids is 2. The number of nitrogens with zero attached hydrogens (tertiary/aromatic N) is 3. The Bertz CT molecular complexity index is 1000. The first kappa shape index (κ1) is 15.0. The Morgan fingerprint density at radius 3 is 2.71 bits per heavy atom. The molecule has 0 saturated heterocycles. The number of thiophene rings is 2. The zero-order valence-electron chi connectivity index (χ0n) is 12.9. The molecule has 0 fully saturated rings. The fourth-order valence-electron chi connectivity index (χ4n) is 2.44. The zero-order chi connectivity index (χ0) is 16.8. The molecule has 0 atom stereocenters. The number of amides is 2. The topological polar surface area (TPSA) is 75.2 Å². The number of anilines is 1. The minimum Gasteiger partial charge on any atom is -0.271 e. The molecule has 1 N–H and O–H groups in total. The highest BCUT2D eigenvalue weighted by Gasteiger charge is 2.29. The third-order valence-corrected chi connectivity index (χ3v) is 5.39. The van der Waals surface area contributed by atoms with Crippen LogP contribution in [0.4, 0.5) is 5.82 Å². The number of aromatic nitrogens is 2. The Morgan fingerprint density at radius 2 is 2.04 bits per heavy atom. The molecule has 0 bridgehead atoms. The van der Waals surface area contributed by atoms with Crippen molar-refractivity contribution < 1.29 is 9.59 Å². The number of hydrazine groups is 1. The van der Waals surface area contributed by atoms with E-state index in [2.05, 4.69) is 15.4 Å². The smallest absolute Gasteiger partial charge is 0.271 e. The van der Waals surface area contributed by atoms with Crippen LogP contribution >= 0.6 is 22.7 Å². The number of hydrogen-bond donors (Lipinski definition) is 1. The first-order chi connectivity index (χ1) is 11.5. The third kappa shape index (κ3) is 2.40. The summed E-state index contributed by atoms with van der Waals surface area (Å²) < 4.78 is 0. The highest BCUT2D eigenvalue weighted by Crippen LogP contribution is 2.32. The molecule has 6 nitrogen and oxygen atoms in total. The molecule has 4 rings (SSSR count). The lowest BCUT2D eigenvalue weighted by Gasteiger charge is -2.17. The number of imide groups is 1. The van der Waals surface area contributed by atoms with E-state index < -0.39 is 5.91 Å². The number of nitrogens with one attached hydrogen (secondary N) is 1. The van der Waals surface area contributed by atoms with E-state index in [9.17, 15) is 9.59 Å². The molecule has 8 heteroatoms. The second-order valence-electron chi connectivity index (χ2n) is 5.37. The Morgan fingerprint density at radius 1 is 1.21 bits per heavy atom. The normalized spacial score (nSPS) is 14.6. The van der Waals surface area contributed by atoms with Crippen LogP contribution in [0.15, 0.2) is 35.2 Å². The minimum atomic E-state index is -0.395. The standard InChI is InChI=1S/C16H12N4O2S2/c1-8-6-12(21)20(16(8)22)19-13-10-7-9(2)24-15(10)18-14(17-13)11-4-3-5-23-11/h3-7H,1-2H3,(H,17,18,19). The Kier molecular flexibility index (Phi) is 3.43. The van der Waals surface area contributed by atoms with Gasteiger partial charge in [0.2, 0.25) is 0 Å². The number of hydrogen-bond acceptors (Lipinski definition) is 7.